The molecular formula is C55H35N7SSi. The first kappa shape index (κ1) is 35.5. The smallest absolute Gasteiger partial charge is 0.221 e. The number of aromatic nitrogens is 7. The molecule has 0 fully saturated rings. The summed E-state index contributed by atoms with van der Waals surface area (Å²) < 4.78 is 11.7. The van der Waals surface area contributed by atoms with E-state index in [2.05, 4.69) is 230 Å². The van der Waals surface area contributed by atoms with Crippen molar-refractivity contribution in [1.29, 1.82) is 0 Å². The fraction of sp³-hybridized carbons (Fsp3) is 0. The third kappa shape index (κ3) is 4.82. The number of hydrogen-bond donors (Lipinski definition) is 0. The maximum Gasteiger partial charge on any atom is 0.221 e. The van der Waals surface area contributed by atoms with Gasteiger partial charge in [-0.1, -0.05) is 146 Å². The Kier molecular flexibility index (Phi) is 7.45. The van der Waals surface area contributed by atoms with E-state index < -0.39 is 8.07 Å². The van der Waals surface area contributed by atoms with Gasteiger partial charge in [0.25, 0.3) is 0 Å². The average Bonchev–Trinajstić information content (AvgIpc) is 4.16. The molecule has 6 aromatic heterocycles. The standard InChI is InChI=1S/C55H35N7SSi/c1-3-18-36(19-4-1)64(37-20-5-2-6-21-37,50-33-17-23-40-39-22-7-16-32-49(39)63-53(40)50)38-34-51(61-47-30-14-12-28-45(47)59-43-26-10-8-24-41(43)56-54(59)61)58-52(35-38)62-48-31-15-13-29-46(48)60-44-27-11-9-25-42(44)57-55(60)62/h1-35H. The minimum absolute atomic E-state index is 0.785. The summed E-state index contributed by atoms with van der Waals surface area (Å²) in [5.41, 5.74) is 8.17. The second kappa shape index (κ2) is 13.4. The number of fused-ring (bicyclic) bond motifs is 13. The molecule has 0 unspecified atom stereocenters. The predicted octanol–water partition coefficient (Wildman–Crippen LogP) is 10.3. The molecule has 7 nitrogen and oxygen atoms in total. The van der Waals surface area contributed by atoms with Crippen LogP contribution in [0.25, 0.3) is 87.5 Å². The van der Waals surface area contributed by atoms with Gasteiger partial charge in [-0.25, -0.2) is 15.0 Å². The Morgan fingerprint density at radius 2 is 0.812 bits per heavy atom. The largest absolute Gasteiger partial charge is 0.276 e. The molecular weight excluding hydrogens is 819 g/mol. The topological polar surface area (TPSA) is 57.4 Å². The van der Waals surface area contributed by atoms with Crippen LogP contribution in [0.3, 0.4) is 0 Å². The number of rotatable bonds is 6. The van der Waals surface area contributed by atoms with Gasteiger partial charge >= 0.3 is 0 Å². The molecule has 0 aliphatic rings. The highest BCUT2D eigenvalue weighted by Gasteiger charge is 2.44. The zero-order valence-electron chi connectivity index (χ0n) is 34.2. The molecule has 0 radical (unpaired) electrons. The summed E-state index contributed by atoms with van der Waals surface area (Å²) in [6.45, 7) is 0. The third-order valence-corrected chi connectivity index (χ3v) is 19.3. The van der Waals surface area contributed by atoms with Gasteiger partial charge in [0.1, 0.15) is 11.6 Å². The van der Waals surface area contributed by atoms with E-state index in [0.29, 0.717) is 0 Å². The van der Waals surface area contributed by atoms with Gasteiger partial charge in [-0.2, -0.15) is 0 Å². The lowest BCUT2D eigenvalue weighted by atomic mass is 10.1. The zero-order valence-corrected chi connectivity index (χ0v) is 36.1. The van der Waals surface area contributed by atoms with E-state index >= 15 is 0 Å². The Hall–Kier alpha value is -8.11. The predicted molar refractivity (Wildman–Crippen MR) is 267 cm³/mol. The van der Waals surface area contributed by atoms with Crippen molar-refractivity contribution >= 4 is 116 Å². The molecule has 0 N–H and O–H groups in total. The van der Waals surface area contributed by atoms with Crippen molar-refractivity contribution in [2.24, 2.45) is 0 Å². The summed E-state index contributed by atoms with van der Waals surface area (Å²) in [5, 5.41) is 7.68. The normalized spacial score (nSPS) is 12.4. The minimum Gasteiger partial charge on any atom is -0.276 e. The van der Waals surface area contributed by atoms with Gasteiger partial charge < -0.3 is 0 Å². The van der Waals surface area contributed by atoms with Crippen LogP contribution >= 0.6 is 11.3 Å². The number of benzene rings is 8. The van der Waals surface area contributed by atoms with Gasteiger partial charge in [0, 0.05) is 20.2 Å². The van der Waals surface area contributed by atoms with Crippen LogP contribution in [0.1, 0.15) is 0 Å². The molecule has 8 aromatic carbocycles. The van der Waals surface area contributed by atoms with Crippen LogP contribution in [-0.4, -0.2) is 41.0 Å². The van der Waals surface area contributed by atoms with Gasteiger partial charge in [0.2, 0.25) is 11.6 Å². The van der Waals surface area contributed by atoms with Crippen LogP contribution in [0.5, 0.6) is 0 Å². The second-order valence-electron chi connectivity index (χ2n) is 16.5. The quantitative estimate of drug-likeness (QED) is 0.124. The number of thiophene rings is 1. The molecule has 0 saturated carbocycles. The Balaban J connectivity index is 1.20. The van der Waals surface area contributed by atoms with Gasteiger partial charge in [0.15, 0.2) is 8.07 Å². The van der Waals surface area contributed by atoms with Crippen LogP contribution in [0.15, 0.2) is 212 Å². The number of pyridine rings is 1. The van der Waals surface area contributed by atoms with Crippen LogP contribution in [0.2, 0.25) is 0 Å². The van der Waals surface area contributed by atoms with Gasteiger partial charge in [-0.3, -0.25) is 17.9 Å². The first-order chi connectivity index (χ1) is 31.8. The van der Waals surface area contributed by atoms with E-state index in [9.17, 15) is 0 Å². The van der Waals surface area contributed by atoms with Crippen LogP contribution in [-0.2, 0) is 0 Å². The fourth-order valence-electron chi connectivity index (χ4n) is 10.5. The summed E-state index contributed by atoms with van der Waals surface area (Å²) in [4.78, 5) is 16.5. The monoisotopic (exact) mass is 853 g/mol. The van der Waals surface area contributed by atoms with Crippen molar-refractivity contribution in [3.63, 3.8) is 0 Å². The molecule has 64 heavy (non-hydrogen) atoms. The molecule has 9 heteroatoms. The van der Waals surface area contributed by atoms with Gasteiger partial charge in [0.05, 0.1) is 44.1 Å². The van der Waals surface area contributed by atoms with E-state index in [4.69, 9.17) is 15.0 Å². The Morgan fingerprint density at radius 3 is 1.38 bits per heavy atom. The Bertz CT molecular complexity index is 3950. The Labute approximate surface area is 371 Å². The molecule has 0 amide bonds. The second-order valence-corrected chi connectivity index (χ2v) is 21.3. The molecule has 0 atom stereocenters. The van der Waals surface area contributed by atoms with E-state index in [1.165, 1.54) is 40.9 Å². The lowest BCUT2D eigenvalue weighted by Crippen LogP contribution is -2.75. The van der Waals surface area contributed by atoms with E-state index in [-0.39, 0.29) is 0 Å². The third-order valence-electron chi connectivity index (χ3n) is 13.1. The molecule has 0 saturated heterocycles. The van der Waals surface area contributed by atoms with E-state index in [1.807, 2.05) is 11.3 Å². The minimum atomic E-state index is -3.26. The average molecular weight is 854 g/mol. The first-order valence-electron chi connectivity index (χ1n) is 21.5. The number of para-hydroxylation sites is 8. The van der Waals surface area contributed by atoms with Gasteiger partial charge in [-0.05, 0) is 87.5 Å². The number of nitrogens with zero attached hydrogens (tertiary/aromatic N) is 7. The summed E-state index contributed by atoms with van der Waals surface area (Å²) in [6.07, 6.45) is 0. The highest BCUT2D eigenvalue weighted by Crippen LogP contribution is 2.35. The molecule has 6 heterocycles. The summed E-state index contributed by atoms with van der Waals surface area (Å²) >= 11 is 1.90. The van der Waals surface area contributed by atoms with E-state index in [1.54, 1.807) is 0 Å². The number of hydrogen-bond acceptors (Lipinski definition) is 4. The Morgan fingerprint density at radius 1 is 0.359 bits per heavy atom. The van der Waals surface area contributed by atoms with Crippen LogP contribution in [0.4, 0.5) is 0 Å². The summed E-state index contributed by atoms with van der Waals surface area (Å²) in [6, 6.07) is 77.0. The molecule has 300 valence electrons. The lowest BCUT2D eigenvalue weighted by Gasteiger charge is -2.35. The van der Waals surface area contributed by atoms with Crippen molar-refractivity contribution in [3.8, 4) is 11.6 Å². The van der Waals surface area contributed by atoms with Crippen molar-refractivity contribution in [2.45, 2.75) is 0 Å². The summed E-state index contributed by atoms with van der Waals surface area (Å²) in [5.74, 6) is 3.19. The lowest BCUT2D eigenvalue weighted by molar-refractivity contribution is 0.985. The number of imidazole rings is 4. The van der Waals surface area contributed by atoms with Crippen LogP contribution < -0.4 is 20.7 Å². The van der Waals surface area contributed by atoms with Crippen LogP contribution in [0, 0.1) is 0 Å². The van der Waals surface area contributed by atoms with Gasteiger partial charge in [-0.15, -0.1) is 11.3 Å². The fourth-order valence-corrected chi connectivity index (χ4v) is 17.0. The summed E-state index contributed by atoms with van der Waals surface area (Å²) in [7, 11) is -3.26. The van der Waals surface area contributed by atoms with Crippen molar-refractivity contribution in [3.05, 3.63) is 212 Å². The van der Waals surface area contributed by atoms with Crippen molar-refractivity contribution < 1.29 is 0 Å². The zero-order chi connectivity index (χ0) is 41.9. The molecule has 14 rings (SSSR count). The molecule has 0 bridgehead atoms. The molecule has 14 aromatic rings. The highest BCUT2D eigenvalue weighted by atomic mass is 32.1. The highest BCUT2D eigenvalue weighted by molar-refractivity contribution is 7.30. The maximum absolute atomic E-state index is 5.79. The maximum atomic E-state index is 5.79. The SMILES string of the molecule is c1ccc([Si](c2ccccc2)(c2cc(-n3c4ccccc4n4c5ccccc5nc34)nc(-n3c4ccccc4n4c5ccccc5nc34)c2)c2cccc3c2sc2ccccc23)cc1. The molecule has 0 aliphatic carbocycles. The first-order valence-corrected chi connectivity index (χ1v) is 24.4. The van der Waals surface area contributed by atoms with Crippen molar-refractivity contribution in [2.75, 3.05) is 0 Å². The molecule has 0 aliphatic heterocycles. The van der Waals surface area contributed by atoms with Crippen molar-refractivity contribution in [1.82, 2.24) is 32.9 Å². The van der Waals surface area contributed by atoms with E-state index in [0.717, 1.165) is 67.3 Å². The molecule has 0 spiro atoms.